The van der Waals surface area contributed by atoms with Crippen LogP contribution in [0, 0.1) is 37.5 Å². The Balaban J connectivity index is 1.39. The number of hydrogen-bond donors (Lipinski definition) is 2. The maximum absolute atomic E-state index is 12.5. The number of carbonyl (C=O) groups is 1. The molecule has 4 saturated carbocycles. The molecule has 0 saturated heterocycles. The number of amides is 1. The van der Waals surface area contributed by atoms with E-state index in [2.05, 4.69) is 10.6 Å². The Hall–Kier alpha value is -1.42. The van der Waals surface area contributed by atoms with Crippen LogP contribution in [0.3, 0.4) is 0 Å². The summed E-state index contributed by atoms with van der Waals surface area (Å²) in [4.78, 5) is 12.5. The monoisotopic (exact) mass is 342 g/mol. The van der Waals surface area contributed by atoms with E-state index in [0.717, 1.165) is 29.2 Å². The smallest absolute Gasteiger partial charge is 0.257 e. The number of nitrogens with one attached hydrogen (secondary N) is 2. The lowest BCUT2D eigenvalue weighted by Crippen LogP contribution is -2.57. The molecule has 0 spiro atoms. The summed E-state index contributed by atoms with van der Waals surface area (Å²) in [6, 6.07) is 6.34. The summed E-state index contributed by atoms with van der Waals surface area (Å²) in [5.41, 5.74) is 2.86. The minimum atomic E-state index is -0.103. The van der Waals surface area contributed by atoms with Crippen molar-refractivity contribution in [3.63, 3.8) is 0 Å². The van der Waals surface area contributed by atoms with Crippen molar-refractivity contribution in [2.24, 2.45) is 23.7 Å². The molecule has 4 aliphatic rings. The summed E-state index contributed by atoms with van der Waals surface area (Å²) in [5, 5.41) is 6.89. The minimum Gasteiger partial charge on any atom is -0.359 e. The molecule has 0 aromatic heterocycles. The zero-order valence-electron chi connectivity index (χ0n) is 14.5. The fraction of sp³-hybridized carbons (Fsp3) is 0.600. The molecule has 5 rings (SSSR count). The van der Waals surface area contributed by atoms with Crippen LogP contribution in [0.4, 0.5) is 0 Å². The van der Waals surface area contributed by atoms with E-state index in [0.29, 0.717) is 16.7 Å². The molecule has 1 aromatic carbocycles. The lowest BCUT2D eigenvalue weighted by Gasteiger charge is -2.54. The number of hydrogen-bond acceptors (Lipinski definition) is 2. The minimum absolute atomic E-state index is 0.103. The Kier molecular flexibility index (Phi) is 4.11. The highest BCUT2D eigenvalue weighted by Gasteiger charge is 2.48. The van der Waals surface area contributed by atoms with Gasteiger partial charge in [-0.15, -0.1) is 0 Å². The SMILES string of the molecule is Cc1ccc(C(=O)NC(=S)NC2C3CC4CC(C3)CC2C4)c(C)c1. The first kappa shape index (κ1) is 16.1. The van der Waals surface area contributed by atoms with Gasteiger partial charge in [0.25, 0.3) is 5.91 Å². The molecule has 0 radical (unpaired) electrons. The first-order valence-electron chi connectivity index (χ1n) is 9.18. The fourth-order valence-corrected chi connectivity index (χ4v) is 5.82. The fourth-order valence-electron chi connectivity index (χ4n) is 5.59. The zero-order valence-corrected chi connectivity index (χ0v) is 15.3. The third kappa shape index (κ3) is 2.97. The van der Waals surface area contributed by atoms with Gasteiger partial charge in [-0.05, 0) is 93.5 Å². The second kappa shape index (κ2) is 6.14. The van der Waals surface area contributed by atoms with Gasteiger partial charge in [0.1, 0.15) is 0 Å². The largest absolute Gasteiger partial charge is 0.359 e. The molecule has 1 aromatic rings. The van der Waals surface area contributed by atoms with Gasteiger partial charge >= 0.3 is 0 Å². The highest BCUT2D eigenvalue weighted by Crippen LogP contribution is 2.53. The Bertz CT molecular complexity index is 656. The van der Waals surface area contributed by atoms with Crippen LogP contribution in [0.5, 0.6) is 0 Å². The van der Waals surface area contributed by atoms with Crippen LogP contribution in [0.25, 0.3) is 0 Å². The van der Waals surface area contributed by atoms with Gasteiger partial charge in [0, 0.05) is 11.6 Å². The Labute approximate surface area is 149 Å². The second-order valence-corrected chi connectivity index (χ2v) is 8.61. The van der Waals surface area contributed by atoms with Crippen molar-refractivity contribution in [2.75, 3.05) is 0 Å². The maximum atomic E-state index is 12.5. The van der Waals surface area contributed by atoms with Gasteiger partial charge in [-0.2, -0.15) is 0 Å². The molecule has 4 fully saturated rings. The van der Waals surface area contributed by atoms with Crippen LogP contribution in [-0.2, 0) is 0 Å². The summed E-state index contributed by atoms with van der Waals surface area (Å²) in [5.74, 6) is 3.29. The maximum Gasteiger partial charge on any atom is 0.257 e. The van der Waals surface area contributed by atoms with Crippen molar-refractivity contribution in [3.05, 3.63) is 34.9 Å². The van der Waals surface area contributed by atoms with Gasteiger partial charge in [-0.3, -0.25) is 10.1 Å². The summed E-state index contributed by atoms with van der Waals surface area (Å²) in [7, 11) is 0. The number of thiocarbonyl (C=S) groups is 1. The normalized spacial score (nSPS) is 33.3. The van der Waals surface area contributed by atoms with Crippen molar-refractivity contribution in [1.82, 2.24) is 10.6 Å². The molecule has 3 nitrogen and oxygen atoms in total. The third-order valence-electron chi connectivity index (χ3n) is 6.38. The number of aryl methyl sites for hydroxylation is 2. The van der Waals surface area contributed by atoms with Gasteiger partial charge in [0.2, 0.25) is 0 Å². The molecule has 4 bridgehead atoms. The van der Waals surface area contributed by atoms with E-state index in [1.807, 2.05) is 32.0 Å². The molecule has 0 unspecified atom stereocenters. The standard InChI is InChI=1S/C20H26N2OS/c1-11-3-4-17(12(2)5-11)19(23)22-20(24)21-18-15-7-13-6-14(9-15)10-16(18)8-13/h3-5,13-16,18H,6-10H2,1-2H3,(H2,21,22,23,24). The topological polar surface area (TPSA) is 41.1 Å². The van der Waals surface area contributed by atoms with Crippen molar-refractivity contribution in [1.29, 1.82) is 0 Å². The Morgan fingerprint density at radius 1 is 1.04 bits per heavy atom. The number of carbonyl (C=O) groups excluding carboxylic acids is 1. The molecule has 2 N–H and O–H groups in total. The van der Waals surface area contributed by atoms with Crippen LogP contribution in [-0.4, -0.2) is 17.1 Å². The van der Waals surface area contributed by atoms with Crippen molar-refractivity contribution in [3.8, 4) is 0 Å². The highest BCUT2D eigenvalue weighted by atomic mass is 32.1. The first-order valence-corrected chi connectivity index (χ1v) is 9.59. The van der Waals surface area contributed by atoms with E-state index in [1.165, 1.54) is 37.7 Å². The lowest BCUT2D eigenvalue weighted by molar-refractivity contribution is -0.00692. The van der Waals surface area contributed by atoms with Gasteiger partial charge < -0.3 is 5.32 Å². The van der Waals surface area contributed by atoms with E-state index in [-0.39, 0.29) is 5.91 Å². The average Bonchev–Trinajstić information content (AvgIpc) is 2.50. The van der Waals surface area contributed by atoms with E-state index < -0.39 is 0 Å². The average molecular weight is 343 g/mol. The van der Waals surface area contributed by atoms with Crippen molar-refractivity contribution < 1.29 is 4.79 Å². The molecule has 4 aliphatic carbocycles. The van der Waals surface area contributed by atoms with Crippen LogP contribution >= 0.6 is 12.2 Å². The lowest BCUT2D eigenvalue weighted by atomic mass is 9.54. The van der Waals surface area contributed by atoms with Gasteiger partial charge in [-0.25, -0.2) is 0 Å². The van der Waals surface area contributed by atoms with Crippen LogP contribution < -0.4 is 10.6 Å². The number of rotatable bonds is 2. The third-order valence-corrected chi connectivity index (χ3v) is 6.60. The van der Waals surface area contributed by atoms with E-state index in [1.54, 1.807) is 0 Å². The van der Waals surface area contributed by atoms with Crippen LogP contribution in [0.1, 0.15) is 53.6 Å². The quantitative estimate of drug-likeness (QED) is 0.805. The van der Waals surface area contributed by atoms with Crippen LogP contribution in [0.2, 0.25) is 0 Å². The van der Waals surface area contributed by atoms with Crippen LogP contribution in [0.15, 0.2) is 18.2 Å². The molecule has 128 valence electrons. The molecular formula is C20H26N2OS. The van der Waals surface area contributed by atoms with E-state index in [4.69, 9.17) is 12.2 Å². The summed E-state index contributed by atoms with van der Waals surface area (Å²) in [6.45, 7) is 4.00. The van der Waals surface area contributed by atoms with Gasteiger partial charge in [0.15, 0.2) is 5.11 Å². The molecule has 0 atom stereocenters. The molecular weight excluding hydrogens is 316 g/mol. The van der Waals surface area contributed by atoms with E-state index in [9.17, 15) is 4.79 Å². The molecule has 0 heterocycles. The predicted octanol–water partition coefficient (Wildman–Crippen LogP) is 3.73. The molecule has 24 heavy (non-hydrogen) atoms. The summed E-state index contributed by atoms with van der Waals surface area (Å²) >= 11 is 5.46. The first-order chi connectivity index (χ1) is 11.5. The Morgan fingerprint density at radius 3 is 2.25 bits per heavy atom. The predicted molar refractivity (Wildman–Crippen MR) is 99.9 cm³/mol. The molecule has 1 amide bonds. The zero-order chi connectivity index (χ0) is 16.8. The Morgan fingerprint density at radius 2 is 1.67 bits per heavy atom. The van der Waals surface area contributed by atoms with E-state index >= 15 is 0 Å². The molecule has 4 heteroatoms. The van der Waals surface area contributed by atoms with Crippen molar-refractivity contribution >= 4 is 23.2 Å². The van der Waals surface area contributed by atoms with Crippen molar-refractivity contribution in [2.45, 2.75) is 52.0 Å². The summed E-state index contributed by atoms with van der Waals surface area (Å²) < 4.78 is 0. The molecule has 0 aliphatic heterocycles. The van der Waals surface area contributed by atoms with Gasteiger partial charge in [-0.1, -0.05) is 17.7 Å². The van der Waals surface area contributed by atoms with Gasteiger partial charge in [0.05, 0.1) is 0 Å². The highest BCUT2D eigenvalue weighted by molar-refractivity contribution is 7.80. The summed E-state index contributed by atoms with van der Waals surface area (Å²) in [6.07, 6.45) is 6.83. The number of benzene rings is 1. The second-order valence-electron chi connectivity index (χ2n) is 8.20.